The molecule has 0 fully saturated rings. The number of anilines is 6. The summed E-state index contributed by atoms with van der Waals surface area (Å²) in [6.45, 7) is 4.75. The molecule has 0 atom stereocenters. The lowest BCUT2D eigenvalue weighted by Gasteiger charge is -2.30. The van der Waals surface area contributed by atoms with Crippen LogP contribution in [0.5, 0.6) is 0 Å². The van der Waals surface area contributed by atoms with Gasteiger partial charge in [0.25, 0.3) is 0 Å². The van der Waals surface area contributed by atoms with Crippen molar-refractivity contribution in [1.29, 1.82) is 0 Å². The largest absolute Gasteiger partial charge is 0.311 e. The van der Waals surface area contributed by atoms with Crippen molar-refractivity contribution < 1.29 is 0 Å². The van der Waals surface area contributed by atoms with Gasteiger partial charge in [-0.2, -0.15) is 0 Å². The fourth-order valence-corrected chi connectivity index (χ4v) is 8.73. The van der Waals surface area contributed by atoms with Crippen LogP contribution in [0, 0.1) is 0 Å². The molecule has 1 aliphatic rings. The van der Waals surface area contributed by atoms with Crippen LogP contribution >= 0.6 is 0 Å². The van der Waals surface area contributed by atoms with Gasteiger partial charge < -0.3 is 9.80 Å². The van der Waals surface area contributed by atoms with Crippen molar-refractivity contribution in [1.82, 2.24) is 0 Å². The molecule has 1 aliphatic carbocycles. The normalized spacial score (nSPS) is 12.8. The van der Waals surface area contributed by atoms with E-state index >= 15 is 0 Å². The highest BCUT2D eigenvalue weighted by Gasteiger charge is 2.36. The lowest BCUT2D eigenvalue weighted by molar-refractivity contribution is 0.660. The lowest BCUT2D eigenvalue weighted by Crippen LogP contribution is -2.17. The maximum Gasteiger partial charge on any atom is 0.0540 e. The number of para-hydroxylation sites is 2. The molecule has 0 N–H and O–H groups in total. The Labute approximate surface area is 335 Å². The van der Waals surface area contributed by atoms with E-state index in [1.807, 2.05) is 0 Å². The molecule has 0 heterocycles. The summed E-state index contributed by atoms with van der Waals surface area (Å²) in [5, 5.41) is 4.91. The minimum atomic E-state index is -0.187. The van der Waals surface area contributed by atoms with Gasteiger partial charge in [0, 0.05) is 38.9 Å². The highest BCUT2D eigenvalue weighted by Crippen LogP contribution is 2.52. The molecule has 57 heavy (non-hydrogen) atoms. The van der Waals surface area contributed by atoms with Gasteiger partial charge in [-0.05, 0) is 105 Å². The fourth-order valence-electron chi connectivity index (χ4n) is 8.73. The summed E-state index contributed by atoms with van der Waals surface area (Å²) >= 11 is 0. The van der Waals surface area contributed by atoms with Crippen LogP contribution in [0.15, 0.2) is 206 Å². The zero-order chi connectivity index (χ0) is 38.3. The van der Waals surface area contributed by atoms with Crippen molar-refractivity contribution in [2.75, 3.05) is 9.80 Å². The van der Waals surface area contributed by atoms with E-state index in [0.29, 0.717) is 0 Å². The maximum atomic E-state index is 2.46. The van der Waals surface area contributed by atoms with Crippen molar-refractivity contribution in [3.63, 3.8) is 0 Å². The molecule has 272 valence electrons. The van der Waals surface area contributed by atoms with Crippen molar-refractivity contribution in [3.05, 3.63) is 229 Å². The molecular weight excluding hydrogens is 689 g/mol. The molecule has 0 aliphatic heterocycles. The van der Waals surface area contributed by atoms with Gasteiger partial charge in [0.05, 0.1) is 11.4 Å². The number of nitrogens with zero attached hydrogens (tertiary/aromatic N) is 2. The number of rotatable bonds is 8. The standard InChI is InChI=1S/C55H42N2/c1-55(2)51-37-40(28-27-39-29-32-45(33-30-39)56(43-19-5-3-6-20-43)44-21-7-4-8-22-44)31-35-49(51)50-36-34-46(38-52(50)55)57(53-25-13-17-41-15-9-11-23-47(41)53)54-26-14-18-42-16-10-12-24-48(42)54/h3-38H,1-2H3/b28-27+. The summed E-state index contributed by atoms with van der Waals surface area (Å²) < 4.78 is 0. The van der Waals surface area contributed by atoms with E-state index in [-0.39, 0.29) is 5.41 Å². The maximum absolute atomic E-state index is 2.46. The predicted molar refractivity (Wildman–Crippen MR) is 244 cm³/mol. The highest BCUT2D eigenvalue weighted by atomic mass is 15.1. The fraction of sp³-hybridized carbons (Fsp3) is 0.0545. The predicted octanol–water partition coefficient (Wildman–Crippen LogP) is 15.4. The minimum Gasteiger partial charge on any atom is -0.311 e. The molecule has 0 bridgehead atoms. The molecule has 0 saturated heterocycles. The van der Waals surface area contributed by atoms with E-state index < -0.39 is 0 Å². The average Bonchev–Trinajstić information content (AvgIpc) is 3.49. The molecule has 0 saturated carbocycles. The van der Waals surface area contributed by atoms with E-state index in [0.717, 1.165) is 28.3 Å². The molecule has 0 unspecified atom stereocenters. The van der Waals surface area contributed by atoms with Gasteiger partial charge in [-0.3, -0.25) is 0 Å². The Hall–Kier alpha value is -7.16. The topological polar surface area (TPSA) is 6.48 Å². The number of hydrogen-bond donors (Lipinski definition) is 0. The van der Waals surface area contributed by atoms with Crippen molar-refractivity contribution in [2.45, 2.75) is 19.3 Å². The van der Waals surface area contributed by atoms with Gasteiger partial charge in [0.1, 0.15) is 0 Å². The van der Waals surface area contributed by atoms with Crippen molar-refractivity contribution >= 4 is 67.8 Å². The summed E-state index contributed by atoms with van der Waals surface area (Å²) in [5.41, 5.74) is 14.4. The van der Waals surface area contributed by atoms with Crippen LogP contribution in [0.2, 0.25) is 0 Å². The molecule has 9 aromatic rings. The third-order valence-corrected chi connectivity index (χ3v) is 11.6. The van der Waals surface area contributed by atoms with E-state index in [2.05, 4.69) is 242 Å². The quantitative estimate of drug-likeness (QED) is 0.144. The second-order valence-electron chi connectivity index (χ2n) is 15.4. The van der Waals surface area contributed by atoms with Crippen LogP contribution in [0.1, 0.15) is 36.1 Å². The third kappa shape index (κ3) is 6.16. The molecule has 0 amide bonds. The van der Waals surface area contributed by atoms with Crippen LogP contribution in [0.25, 0.3) is 44.8 Å². The summed E-state index contributed by atoms with van der Waals surface area (Å²) in [6, 6.07) is 74.6. The Morgan fingerprint density at radius 2 is 0.789 bits per heavy atom. The highest BCUT2D eigenvalue weighted by molar-refractivity contribution is 6.05. The Morgan fingerprint density at radius 3 is 1.39 bits per heavy atom. The molecular formula is C55H42N2. The van der Waals surface area contributed by atoms with Crippen LogP contribution in [-0.2, 0) is 5.41 Å². The zero-order valence-electron chi connectivity index (χ0n) is 32.2. The van der Waals surface area contributed by atoms with E-state index in [4.69, 9.17) is 0 Å². The monoisotopic (exact) mass is 730 g/mol. The Balaban J connectivity index is 0.987. The van der Waals surface area contributed by atoms with Crippen molar-refractivity contribution in [3.8, 4) is 11.1 Å². The van der Waals surface area contributed by atoms with Gasteiger partial charge in [-0.15, -0.1) is 0 Å². The minimum absolute atomic E-state index is 0.187. The first kappa shape index (κ1) is 34.3. The molecule has 2 heteroatoms. The summed E-state index contributed by atoms with van der Waals surface area (Å²) in [4.78, 5) is 4.75. The van der Waals surface area contributed by atoms with E-state index in [1.165, 1.54) is 60.7 Å². The molecule has 10 rings (SSSR count). The zero-order valence-corrected chi connectivity index (χ0v) is 32.2. The lowest BCUT2D eigenvalue weighted by atomic mass is 9.81. The van der Waals surface area contributed by atoms with Gasteiger partial charge in [0.2, 0.25) is 0 Å². The number of fused-ring (bicyclic) bond motifs is 5. The Morgan fingerprint density at radius 1 is 0.351 bits per heavy atom. The molecule has 0 radical (unpaired) electrons. The molecule has 0 spiro atoms. The van der Waals surface area contributed by atoms with Gasteiger partial charge in [-0.25, -0.2) is 0 Å². The third-order valence-electron chi connectivity index (χ3n) is 11.6. The average molecular weight is 731 g/mol. The summed E-state index contributed by atoms with van der Waals surface area (Å²) in [7, 11) is 0. The van der Waals surface area contributed by atoms with Crippen LogP contribution in [0.3, 0.4) is 0 Å². The second kappa shape index (κ2) is 14.2. The van der Waals surface area contributed by atoms with Gasteiger partial charge >= 0.3 is 0 Å². The first-order chi connectivity index (χ1) is 28.0. The van der Waals surface area contributed by atoms with Gasteiger partial charge in [-0.1, -0.05) is 172 Å². The molecule has 9 aromatic carbocycles. The first-order valence-corrected chi connectivity index (χ1v) is 19.8. The van der Waals surface area contributed by atoms with Crippen molar-refractivity contribution in [2.24, 2.45) is 0 Å². The van der Waals surface area contributed by atoms with E-state index in [1.54, 1.807) is 0 Å². The SMILES string of the molecule is CC1(C)c2cc(/C=C/c3ccc(N(c4ccccc4)c4ccccc4)cc3)ccc2-c2ccc(N(c3cccc4ccccc34)c3cccc4ccccc34)cc21. The summed E-state index contributed by atoms with van der Waals surface area (Å²) in [5.74, 6) is 0. The Kier molecular flexibility index (Phi) is 8.53. The van der Waals surface area contributed by atoms with Crippen LogP contribution < -0.4 is 9.80 Å². The van der Waals surface area contributed by atoms with Gasteiger partial charge in [0.15, 0.2) is 0 Å². The molecule has 2 nitrogen and oxygen atoms in total. The number of benzene rings is 9. The smallest absolute Gasteiger partial charge is 0.0540 e. The second-order valence-corrected chi connectivity index (χ2v) is 15.4. The van der Waals surface area contributed by atoms with E-state index in [9.17, 15) is 0 Å². The van der Waals surface area contributed by atoms with Crippen LogP contribution in [0.4, 0.5) is 34.1 Å². The Bertz CT molecular complexity index is 2800. The molecule has 0 aromatic heterocycles. The number of hydrogen-bond acceptors (Lipinski definition) is 2. The van der Waals surface area contributed by atoms with Crippen LogP contribution in [-0.4, -0.2) is 0 Å². The summed E-state index contributed by atoms with van der Waals surface area (Å²) in [6.07, 6.45) is 4.47. The first-order valence-electron chi connectivity index (χ1n) is 19.8.